The van der Waals surface area contributed by atoms with Gasteiger partial charge in [-0.1, -0.05) is 12.1 Å². The van der Waals surface area contributed by atoms with Crippen LogP contribution in [0.5, 0.6) is 0 Å². The minimum atomic E-state index is 0.0455. The lowest BCUT2D eigenvalue weighted by Crippen LogP contribution is -2.40. The molecule has 0 spiro atoms. The van der Waals surface area contributed by atoms with Gasteiger partial charge in [0, 0.05) is 18.3 Å². The molecular formula is C13H21N3O. The van der Waals surface area contributed by atoms with Crippen LogP contribution in [0.15, 0.2) is 24.3 Å². The van der Waals surface area contributed by atoms with E-state index in [9.17, 15) is 4.79 Å². The summed E-state index contributed by atoms with van der Waals surface area (Å²) in [5.74, 6) is 0.0455. The molecule has 0 saturated heterocycles. The topological polar surface area (TPSA) is 58.4 Å². The number of nitrogens with zero attached hydrogens (tertiary/aromatic N) is 1. The first kappa shape index (κ1) is 13.5. The van der Waals surface area contributed by atoms with Crippen molar-refractivity contribution in [3.63, 3.8) is 0 Å². The molecule has 3 N–H and O–H groups in total. The van der Waals surface area contributed by atoms with E-state index in [0.717, 1.165) is 17.8 Å². The molecule has 1 aromatic carbocycles. The number of hydrogen-bond donors (Lipinski definition) is 2. The quantitative estimate of drug-likeness (QED) is 0.745. The Morgan fingerprint density at radius 1 is 1.35 bits per heavy atom. The van der Waals surface area contributed by atoms with E-state index in [1.165, 1.54) is 0 Å². The highest BCUT2D eigenvalue weighted by Crippen LogP contribution is 2.06. The van der Waals surface area contributed by atoms with E-state index >= 15 is 0 Å². The first-order valence-electron chi connectivity index (χ1n) is 5.76. The van der Waals surface area contributed by atoms with Crippen LogP contribution < -0.4 is 11.1 Å². The molecule has 0 heterocycles. The summed E-state index contributed by atoms with van der Waals surface area (Å²) in [6.45, 7) is 2.84. The molecule has 4 heteroatoms. The number of rotatable bonds is 5. The van der Waals surface area contributed by atoms with E-state index in [1.807, 2.05) is 50.2 Å². The molecule has 1 unspecified atom stereocenters. The first-order valence-corrected chi connectivity index (χ1v) is 5.76. The van der Waals surface area contributed by atoms with Crippen molar-refractivity contribution in [1.82, 2.24) is 10.2 Å². The molecule has 1 aromatic rings. The number of anilines is 1. The average Bonchev–Trinajstić information content (AvgIpc) is 2.19. The van der Waals surface area contributed by atoms with Crippen LogP contribution in [0.2, 0.25) is 0 Å². The molecule has 0 bridgehead atoms. The van der Waals surface area contributed by atoms with Crippen LogP contribution in [-0.4, -0.2) is 37.5 Å². The van der Waals surface area contributed by atoms with Crippen molar-refractivity contribution >= 4 is 11.6 Å². The summed E-state index contributed by atoms with van der Waals surface area (Å²) in [5.41, 5.74) is 7.29. The smallest absolute Gasteiger partial charge is 0.224 e. The molecule has 0 radical (unpaired) electrons. The summed E-state index contributed by atoms with van der Waals surface area (Å²) in [5, 5.41) is 2.96. The Bertz CT molecular complexity index is 359. The second kappa shape index (κ2) is 6.25. The van der Waals surface area contributed by atoms with Gasteiger partial charge in [-0.25, -0.2) is 0 Å². The predicted octanol–water partition coefficient (Wildman–Crippen LogP) is 0.878. The van der Waals surface area contributed by atoms with Gasteiger partial charge in [0.25, 0.3) is 0 Å². The number of carbonyl (C=O) groups excluding carboxylic acids is 1. The maximum absolute atomic E-state index is 11.7. The van der Waals surface area contributed by atoms with Crippen molar-refractivity contribution < 1.29 is 4.79 Å². The standard InChI is InChI=1S/C13H21N3O/c1-10(9-16(2)3)15-13(17)8-11-4-6-12(14)7-5-11/h4-7,10H,8-9,14H2,1-3H3,(H,15,17). The van der Waals surface area contributed by atoms with Crippen molar-refractivity contribution in [3.05, 3.63) is 29.8 Å². The highest BCUT2D eigenvalue weighted by atomic mass is 16.1. The molecule has 0 aromatic heterocycles. The normalized spacial score (nSPS) is 12.5. The second-order valence-corrected chi connectivity index (χ2v) is 4.65. The Labute approximate surface area is 103 Å². The molecular weight excluding hydrogens is 214 g/mol. The Hall–Kier alpha value is -1.55. The third kappa shape index (κ3) is 5.36. The highest BCUT2D eigenvalue weighted by molar-refractivity contribution is 5.78. The van der Waals surface area contributed by atoms with E-state index < -0.39 is 0 Å². The van der Waals surface area contributed by atoms with Crippen LogP contribution in [0.4, 0.5) is 5.69 Å². The third-order valence-electron chi connectivity index (χ3n) is 2.39. The van der Waals surface area contributed by atoms with Gasteiger partial charge in [-0.15, -0.1) is 0 Å². The minimum absolute atomic E-state index is 0.0455. The van der Waals surface area contributed by atoms with Crippen molar-refractivity contribution in [1.29, 1.82) is 0 Å². The molecule has 0 fully saturated rings. The van der Waals surface area contributed by atoms with Gasteiger partial charge in [-0.2, -0.15) is 0 Å². The number of benzene rings is 1. The molecule has 0 aliphatic carbocycles. The molecule has 94 valence electrons. The van der Waals surface area contributed by atoms with Gasteiger partial charge in [0.1, 0.15) is 0 Å². The van der Waals surface area contributed by atoms with Gasteiger partial charge < -0.3 is 16.0 Å². The largest absolute Gasteiger partial charge is 0.399 e. The van der Waals surface area contributed by atoms with Gasteiger partial charge in [-0.3, -0.25) is 4.79 Å². The zero-order chi connectivity index (χ0) is 12.8. The van der Waals surface area contributed by atoms with E-state index in [1.54, 1.807) is 0 Å². The van der Waals surface area contributed by atoms with E-state index in [0.29, 0.717) is 6.42 Å². The minimum Gasteiger partial charge on any atom is -0.399 e. The Balaban J connectivity index is 2.41. The number of likely N-dealkylation sites (N-methyl/N-ethyl adjacent to an activating group) is 1. The Kier molecular flexibility index (Phi) is 4.97. The van der Waals surface area contributed by atoms with Crippen molar-refractivity contribution in [2.24, 2.45) is 0 Å². The zero-order valence-corrected chi connectivity index (χ0v) is 10.7. The van der Waals surface area contributed by atoms with Crippen molar-refractivity contribution in [2.45, 2.75) is 19.4 Å². The maximum Gasteiger partial charge on any atom is 0.224 e. The lowest BCUT2D eigenvalue weighted by atomic mass is 10.1. The first-order chi connectivity index (χ1) is 7.97. The SMILES string of the molecule is CC(CN(C)C)NC(=O)Cc1ccc(N)cc1. The Morgan fingerprint density at radius 2 is 1.94 bits per heavy atom. The van der Waals surface area contributed by atoms with Crippen LogP contribution in [0.1, 0.15) is 12.5 Å². The number of nitrogen functional groups attached to an aromatic ring is 1. The monoisotopic (exact) mass is 235 g/mol. The summed E-state index contributed by atoms with van der Waals surface area (Å²) < 4.78 is 0. The van der Waals surface area contributed by atoms with E-state index in [-0.39, 0.29) is 11.9 Å². The lowest BCUT2D eigenvalue weighted by Gasteiger charge is -2.18. The molecule has 0 aliphatic rings. The van der Waals surface area contributed by atoms with Crippen LogP contribution in [-0.2, 0) is 11.2 Å². The molecule has 4 nitrogen and oxygen atoms in total. The van der Waals surface area contributed by atoms with Gasteiger partial charge in [0.05, 0.1) is 6.42 Å². The van der Waals surface area contributed by atoms with Gasteiger partial charge >= 0.3 is 0 Å². The van der Waals surface area contributed by atoms with Gasteiger partial charge in [0.15, 0.2) is 0 Å². The summed E-state index contributed by atoms with van der Waals surface area (Å²) in [4.78, 5) is 13.8. The number of hydrogen-bond acceptors (Lipinski definition) is 3. The molecule has 1 atom stereocenters. The molecule has 0 aliphatic heterocycles. The molecule has 1 amide bonds. The fraction of sp³-hybridized carbons (Fsp3) is 0.462. The highest BCUT2D eigenvalue weighted by Gasteiger charge is 2.08. The van der Waals surface area contributed by atoms with Crippen molar-refractivity contribution in [2.75, 3.05) is 26.4 Å². The summed E-state index contributed by atoms with van der Waals surface area (Å²) in [7, 11) is 3.98. The predicted molar refractivity (Wildman–Crippen MR) is 70.7 cm³/mol. The van der Waals surface area contributed by atoms with Gasteiger partial charge in [-0.05, 0) is 38.7 Å². The summed E-state index contributed by atoms with van der Waals surface area (Å²) in [6.07, 6.45) is 0.401. The maximum atomic E-state index is 11.7. The fourth-order valence-electron chi connectivity index (χ4n) is 1.74. The number of nitrogens with two attached hydrogens (primary N) is 1. The zero-order valence-electron chi connectivity index (χ0n) is 10.7. The number of amides is 1. The molecule has 17 heavy (non-hydrogen) atoms. The average molecular weight is 235 g/mol. The van der Waals surface area contributed by atoms with Crippen LogP contribution >= 0.6 is 0 Å². The van der Waals surface area contributed by atoms with E-state index in [4.69, 9.17) is 5.73 Å². The van der Waals surface area contributed by atoms with E-state index in [2.05, 4.69) is 5.32 Å². The van der Waals surface area contributed by atoms with Crippen LogP contribution in [0, 0.1) is 0 Å². The lowest BCUT2D eigenvalue weighted by molar-refractivity contribution is -0.121. The van der Waals surface area contributed by atoms with Crippen LogP contribution in [0.25, 0.3) is 0 Å². The van der Waals surface area contributed by atoms with Crippen LogP contribution in [0.3, 0.4) is 0 Å². The number of carbonyl (C=O) groups is 1. The van der Waals surface area contributed by atoms with Gasteiger partial charge in [0.2, 0.25) is 5.91 Å². The fourth-order valence-corrected chi connectivity index (χ4v) is 1.74. The molecule has 1 rings (SSSR count). The summed E-state index contributed by atoms with van der Waals surface area (Å²) >= 11 is 0. The Morgan fingerprint density at radius 3 is 2.47 bits per heavy atom. The number of nitrogens with one attached hydrogen (secondary N) is 1. The van der Waals surface area contributed by atoms with Crippen molar-refractivity contribution in [3.8, 4) is 0 Å². The third-order valence-corrected chi connectivity index (χ3v) is 2.39. The molecule has 0 saturated carbocycles. The summed E-state index contributed by atoms with van der Waals surface area (Å²) in [6, 6.07) is 7.54. The second-order valence-electron chi connectivity index (χ2n) is 4.65.